The maximum absolute atomic E-state index is 9.98. The third-order valence-corrected chi connectivity index (χ3v) is 6.43. The van der Waals surface area contributed by atoms with E-state index in [0.29, 0.717) is 17.2 Å². The second-order valence-corrected chi connectivity index (χ2v) is 8.96. The van der Waals surface area contributed by atoms with Crippen LogP contribution in [-0.2, 0) is 0 Å². The average molecular weight is 471 g/mol. The van der Waals surface area contributed by atoms with Gasteiger partial charge in [-0.2, -0.15) is 5.26 Å². The number of nitrogens with zero attached hydrogens (tertiary/aromatic N) is 2. The Bertz CT molecular complexity index is 1220. The summed E-state index contributed by atoms with van der Waals surface area (Å²) in [6.45, 7) is 0.639. The van der Waals surface area contributed by atoms with Crippen LogP contribution in [-0.4, -0.2) is 17.3 Å². The molecule has 0 spiro atoms. The van der Waals surface area contributed by atoms with Crippen molar-refractivity contribution in [1.29, 1.82) is 5.26 Å². The van der Waals surface area contributed by atoms with Crippen LogP contribution in [0.2, 0.25) is 5.02 Å². The Balaban J connectivity index is 1.48. The zero-order valence-corrected chi connectivity index (χ0v) is 19.6. The summed E-state index contributed by atoms with van der Waals surface area (Å²) in [5.74, 6) is 1.68. The number of thioether (sulfide) groups is 1. The maximum Gasteiger partial charge on any atom is 0.119 e. The van der Waals surface area contributed by atoms with Gasteiger partial charge in [-0.25, -0.2) is 4.98 Å². The summed E-state index contributed by atoms with van der Waals surface area (Å²) in [4.78, 5) is 4.87. The molecule has 1 heterocycles. The van der Waals surface area contributed by atoms with E-state index in [2.05, 4.69) is 6.07 Å². The van der Waals surface area contributed by atoms with Crippen molar-refractivity contribution in [2.75, 3.05) is 12.4 Å². The van der Waals surface area contributed by atoms with Gasteiger partial charge in [0.15, 0.2) is 0 Å². The number of nitriles is 1. The molecule has 1 aromatic heterocycles. The summed E-state index contributed by atoms with van der Waals surface area (Å²) in [6, 6.07) is 32.0. The Morgan fingerprint density at radius 2 is 1.52 bits per heavy atom. The van der Waals surface area contributed by atoms with Crippen LogP contribution < -0.4 is 4.74 Å². The van der Waals surface area contributed by atoms with Gasteiger partial charge in [0.2, 0.25) is 0 Å². The zero-order chi connectivity index (χ0) is 22.9. The Hall–Kier alpha value is -3.26. The van der Waals surface area contributed by atoms with Crippen molar-refractivity contribution < 1.29 is 4.74 Å². The molecule has 0 bridgehead atoms. The normalized spacial score (nSPS) is 10.5. The van der Waals surface area contributed by atoms with E-state index < -0.39 is 0 Å². The molecule has 5 heteroatoms. The van der Waals surface area contributed by atoms with Crippen LogP contribution in [0.25, 0.3) is 22.4 Å². The number of rotatable bonds is 9. The molecule has 0 saturated carbocycles. The summed E-state index contributed by atoms with van der Waals surface area (Å²) in [5.41, 5.74) is 4.48. The van der Waals surface area contributed by atoms with E-state index in [-0.39, 0.29) is 0 Å². The Kier molecular flexibility index (Phi) is 8.03. The molecule has 0 unspecified atom stereocenters. The summed E-state index contributed by atoms with van der Waals surface area (Å²) in [6.07, 6.45) is 1.88. The first-order valence-electron chi connectivity index (χ1n) is 10.8. The number of benzene rings is 3. The van der Waals surface area contributed by atoms with E-state index in [1.807, 2.05) is 91.0 Å². The molecule has 3 aromatic carbocycles. The Morgan fingerprint density at radius 3 is 2.18 bits per heavy atom. The van der Waals surface area contributed by atoms with Gasteiger partial charge in [-0.3, -0.25) is 0 Å². The van der Waals surface area contributed by atoms with Crippen molar-refractivity contribution in [2.45, 2.75) is 17.9 Å². The van der Waals surface area contributed by atoms with Gasteiger partial charge in [-0.1, -0.05) is 72.3 Å². The van der Waals surface area contributed by atoms with Crippen LogP contribution in [0.1, 0.15) is 18.4 Å². The van der Waals surface area contributed by atoms with E-state index in [9.17, 15) is 5.26 Å². The highest BCUT2D eigenvalue weighted by Gasteiger charge is 2.15. The zero-order valence-electron chi connectivity index (χ0n) is 18.1. The minimum absolute atomic E-state index is 0.628. The number of hydrogen-bond donors (Lipinski definition) is 0. The van der Waals surface area contributed by atoms with Gasteiger partial charge in [0, 0.05) is 16.1 Å². The largest absolute Gasteiger partial charge is 0.494 e. The number of pyridine rings is 1. The molecule has 0 aliphatic carbocycles. The topological polar surface area (TPSA) is 45.9 Å². The van der Waals surface area contributed by atoms with Crippen molar-refractivity contribution in [3.05, 3.63) is 102 Å². The average Bonchev–Trinajstić information content (AvgIpc) is 2.87. The van der Waals surface area contributed by atoms with E-state index >= 15 is 0 Å². The van der Waals surface area contributed by atoms with Crippen molar-refractivity contribution in [3.8, 4) is 34.2 Å². The van der Waals surface area contributed by atoms with E-state index in [1.165, 1.54) is 0 Å². The number of aromatic nitrogens is 1. The fraction of sp³-hybridized carbons (Fsp3) is 0.143. The van der Waals surface area contributed by atoms with Crippen LogP contribution in [0.4, 0.5) is 0 Å². The molecular weight excluding hydrogens is 448 g/mol. The number of unbranched alkanes of at least 4 members (excludes halogenated alkanes) is 1. The van der Waals surface area contributed by atoms with Crippen LogP contribution >= 0.6 is 23.4 Å². The molecule has 0 atom stereocenters. The summed E-state index contributed by atoms with van der Waals surface area (Å²) in [7, 11) is 0. The number of ether oxygens (including phenoxy) is 1. The molecular formula is C28H23ClN2OS. The van der Waals surface area contributed by atoms with Gasteiger partial charge in [-0.05, 0) is 54.5 Å². The fourth-order valence-electron chi connectivity index (χ4n) is 3.43. The van der Waals surface area contributed by atoms with Crippen LogP contribution in [0.3, 0.4) is 0 Å². The van der Waals surface area contributed by atoms with Gasteiger partial charge in [0.1, 0.15) is 16.8 Å². The third-order valence-electron chi connectivity index (χ3n) is 5.11. The minimum atomic E-state index is 0.628. The van der Waals surface area contributed by atoms with Gasteiger partial charge in [0.25, 0.3) is 0 Å². The highest BCUT2D eigenvalue weighted by Crippen LogP contribution is 2.34. The molecule has 0 saturated heterocycles. The second kappa shape index (κ2) is 11.6. The molecule has 3 nitrogen and oxygen atoms in total. The lowest BCUT2D eigenvalue weighted by molar-refractivity contribution is 0.310. The van der Waals surface area contributed by atoms with Gasteiger partial charge in [0.05, 0.1) is 17.9 Å². The third kappa shape index (κ3) is 6.16. The monoisotopic (exact) mass is 470 g/mol. The number of hydrogen-bond acceptors (Lipinski definition) is 4. The Morgan fingerprint density at radius 1 is 0.848 bits per heavy atom. The lowest BCUT2D eigenvalue weighted by atomic mass is 9.99. The SMILES string of the molecule is N#Cc1c(-c2ccccc2)cc(-c2ccccc2)nc1SCCCCOc1ccc(Cl)cc1. The quantitative estimate of drug-likeness (QED) is 0.184. The molecule has 4 aromatic rings. The fourth-order valence-corrected chi connectivity index (χ4v) is 4.56. The first-order valence-corrected chi connectivity index (χ1v) is 12.2. The standard InChI is InChI=1S/C28H23ClN2OS/c29-23-13-15-24(16-14-23)32-17-7-8-18-33-28-26(20-30)25(21-9-3-1-4-10-21)19-27(31-28)22-11-5-2-6-12-22/h1-6,9-16,19H,7-8,17-18H2. The molecule has 0 N–H and O–H groups in total. The molecule has 0 fully saturated rings. The predicted molar refractivity (Wildman–Crippen MR) is 137 cm³/mol. The first kappa shape index (κ1) is 22.9. The predicted octanol–water partition coefficient (Wildman–Crippen LogP) is 7.89. The summed E-state index contributed by atoms with van der Waals surface area (Å²) < 4.78 is 5.78. The highest BCUT2D eigenvalue weighted by atomic mass is 35.5. The number of halogens is 1. The molecule has 0 aliphatic rings. The summed E-state index contributed by atoms with van der Waals surface area (Å²) in [5, 5.41) is 11.5. The van der Waals surface area contributed by atoms with Gasteiger partial charge >= 0.3 is 0 Å². The minimum Gasteiger partial charge on any atom is -0.494 e. The highest BCUT2D eigenvalue weighted by molar-refractivity contribution is 7.99. The maximum atomic E-state index is 9.98. The Labute approximate surface area is 204 Å². The lowest BCUT2D eigenvalue weighted by Crippen LogP contribution is -1.99. The van der Waals surface area contributed by atoms with Gasteiger partial charge < -0.3 is 4.74 Å². The van der Waals surface area contributed by atoms with Crippen molar-refractivity contribution >= 4 is 23.4 Å². The van der Waals surface area contributed by atoms with Crippen LogP contribution in [0.15, 0.2) is 96.0 Å². The van der Waals surface area contributed by atoms with Crippen molar-refractivity contribution in [3.63, 3.8) is 0 Å². The van der Waals surface area contributed by atoms with Gasteiger partial charge in [-0.15, -0.1) is 11.8 Å². The first-order chi connectivity index (χ1) is 16.2. The molecule has 0 amide bonds. The van der Waals surface area contributed by atoms with E-state index in [0.717, 1.165) is 51.8 Å². The molecule has 4 rings (SSSR count). The van der Waals surface area contributed by atoms with Crippen LogP contribution in [0.5, 0.6) is 5.75 Å². The molecule has 0 aliphatic heterocycles. The van der Waals surface area contributed by atoms with Crippen molar-refractivity contribution in [2.24, 2.45) is 0 Å². The van der Waals surface area contributed by atoms with E-state index in [1.54, 1.807) is 11.8 Å². The molecule has 33 heavy (non-hydrogen) atoms. The van der Waals surface area contributed by atoms with Crippen molar-refractivity contribution in [1.82, 2.24) is 4.98 Å². The van der Waals surface area contributed by atoms with Crippen LogP contribution in [0, 0.1) is 11.3 Å². The molecule has 164 valence electrons. The van der Waals surface area contributed by atoms with E-state index in [4.69, 9.17) is 21.3 Å². The smallest absolute Gasteiger partial charge is 0.119 e. The molecule has 0 radical (unpaired) electrons. The second-order valence-electron chi connectivity index (χ2n) is 7.44. The summed E-state index contributed by atoms with van der Waals surface area (Å²) >= 11 is 7.54. The lowest BCUT2D eigenvalue weighted by Gasteiger charge is -2.13.